The van der Waals surface area contributed by atoms with E-state index in [-0.39, 0.29) is 0 Å². The van der Waals surface area contributed by atoms with Crippen LogP contribution in [0.25, 0.3) is 11.1 Å². The van der Waals surface area contributed by atoms with E-state index in [1.165, 1.54) is 47.7 Å². The Bertz CT molecular complexity index is 790. The van der Waals surface area contributed by atoms with Crippen LogP contribution in [-0.4, -0.2) is 0 Å². The number of fused-ring (bicyclic) bond motifs is 3. The molecular formula is C22H21Br. The van der Waals surface area contributed by atoms with E-state index in [2.05, 4.69) is 58.4 Å². The van der Waals surface area contributed by atoms with E-state index >= 15 is 0 Å². The van der Waals surface area contributed by atoms with Crippen molar-refractivity contribution in [2.75, 3.05) is 0 Å². The lowest BCUT2D eigenvalue weighted by molar-refractivity contribution is -0.0402. The molecule has 5 aliphatic carbocycles. The lowest BCUT2D eigenvalue weighted by atomic mass is 9.43. The molecular weight excluding hydrogens is 344 g/mol. The van der Waals surface area contributed by atoms with E-state index < -0.39 is 0 Å². The average Bonchev–Trinajstić information content (AvgIpc) is 2.85. The van der Waals surface area contributed by atoms with Crippen molar-refractivity contribution in [1.82, 2.24) is 0 Å². The van der Waals surface area contributed by atoms with Crippen LogP contribution in [0.4, 0.5) is 0 Å². The summed E-state index contributed by atoms with van der Waals surface area (Å²) in [5.74, 6) is 3.75. The van der Waals surface area contributed by atoms with Crippen molar-refractivity contribution < 1.29 is 0 Å². The number of halogens is 1. The van der Waals surface area contributed by atoms with Crippen LogP contribution in [0, 0.1) is 23.7 Å². The van der Waals surface area contributed by atoms with Crippen LogP contribution < -0.4 is 0 Å². The van der Waals surface area contributed by atoms with Gasteiger partial charge >= 0.3 is 0 Å². The highest BCUT2D eigenvalue weighted by Gasteiger charge is 2.61. The van der Waals surface area contributed by atoms with Gasteiger partial charge < -0.3 is 0 Å². The normalized spacial score (nSPS) is 38.8. The molecule has 1 spiro atoms. The molecule has 2 aromatic rings. The van der Waals surface area contributed by atoms with E-state index in [0.29, 0.717) is 5.41 Å². The second-order valence-corrected chi connectivity index (χ2v) is 9.24. The van der Waals surface area contributed by atoms with Crippen molar-refractivity contribution in [3.8, 4) is 11.1 Å². The third-order valence-electron chi connectivity index (χ3n) is 7.52. The van der Waals surface area contributed by atoms with Crippen molar-refractivity contribution in [3.63, 3.8) is 0 Å². The van der Waals surface area contributed by atoms with Crippen LogP contribution in [0.2, 0.25) is 0 Å². The molecule has 23 heavy (non-hydrogen) atoms. The van der Waals surface area contributed by atoms with Gasteiger partial charge in [-0.15, -0.1) is 0 Å². The molecule has 0 amide bonds. The van der Waals surface area contributed by atoms with Crippen LogP contribution in [0.1, 0.15) is 43.2 Å². The molecule has 0 saturated heterocycles. The standard InChI is InChI=1S/C22H21Br/c23-20-7-3-5-18-17-4-1-2-6-19(17)22(21(18)20)15-9-13-8-14(11-15)12-16(22)10-13/h1-7,13-16H,8-12H2. The van der Waals surface area contributed by atoms with Crippen molar-refractivity contribution in [1.29, 1.82) is 0 Å². The maximum Gasteiger partial charge on any atom is 0.0283 e. The van der Waals surface area contributed by atoms with E-state index in [9.17, 15) is 0 Å². The first-order valence-electron chi connectivity index (χ1n) is 9.17. The molecule has 0 nitrogen and oxygen atoms in total. The summed E-state index contributed by atoms with van der Waals surface area (Å²) in [6.45, 7) is 0. The summed E-state index contributed by atoms with van der Waals surface area (Å²) in [4.78, 5) is 0. The minimum Gasteiger partial charge on any atom is -0.0619 e. The molecule has 116 valence electrons. The lowest BCUT2D eigenvalue weighted by Crippen LogP contribution is -2.55. The Morgan fingerprint density at radius 1 is 0.739 bits per heavy atom. The highest BCUT2D eigenvalue weighted by atomic mass is 79.9. The zero-order valence-electron chi connectivity index (χ0n) is 13.3. The summed E-state index contributed by atoms with van der Waals surface area (Å²) >= 11 is 3.95. The molecule has 0 radical (unpaired) electrons. The Morgan fingerprint density at radius 2 is 1.39 bits per heavy atom. The van der Waals surface area contributed by atoms with Crippen molar-refractivity contribution in [2.45, 2.75) is 37.5 Å². The Morgan fingerprint density at radius 3 is 2.13 bits per heavy atom. The molecule has 0 atom stereocenters. The molecule has 0 unspecified atom stereocenters. The maximum atomic E-state index is 3.95. The molecule has 0 N–H and O–H groups in total. The van der Waals surface area contributed by atoms with Gasteiger partial charge in [0.15, 0.2) is 0 Å². The monoisotopic (exact) mass is 364 g/mol. The first-order chi connectivity index (χ1) is 11.3. The summed E-state index contributed by atoms with van der Waals surface area (Å²) in [6, 6.07) is 16.2. The average molecular weight is 365 g/mol. The van der Waals surface area contributed by atoms with E-state index in [0.717, 1.165) is 23.7 Å². The molecule has 4 saturated carbocycles. The predicted molar refractivity (Wildman–Crippen MR) is 97.4 cm³/mol. The molecule has 2 aromatic carbocycles. The van der Waals surface area contributed by atoms with Gasteiger partial charge in [0.05, 0.1) is 0 Å². The van der Waals surface area contributed by atoms with E-state index in [1.807, 2.05) is 0 Å². The van der Waals surface area contributed by atoms with Gasteiger partial charge in [0, 0.05) is 9.89 Å². The van der Waals surface area contributed by atoms with Gasteiger partial charge in [0.1, 0.15) is 0 Å². The first-order valence-corrected chi connectivity index (χ1v) is 9.96. The lowest BCUT2D eigenvalue weighted by Gasteiger charge is -2.61. The minimum atomic E-state index is 0.305. The Balaban J connectivity index is 1.71. The zero-order chi connectivity index (χ0) is 15.2. The third kappa shape index (κ3) is 1.45. The number of hydrogen-bond donors (Lipinski definition) is 0. The molecule has 0 aliphatic heterocycles. The van der Waals surface area contributed by atoms with Gasteiger partial charge in [-0.25, -0.2) is 0 Å². The highest BCUT2D eigenvalue weighted by molar-refractivity contribution is 9.10. The molecule has 0 heterocycles. The molecule has 5 aliphatic rings. The number of rotatable bonds is 0. The number of hydrogen-bond acceptors (Lipinski definition) is 0. The Labute approximate surface area is 146 Å². The summed E-state index contributed by atoms with van der Waals surface area (Å²) < 4.78 is 1.35. The van der Waals surface area contributed by atoms with Crippen LogP contribution in [0.15, 0.2) is 46.9 Å². The minimum absolute atomic E-state index is 0.305. The quantitative estimate of drug-likeness (QED) is 0.524. The number of benzene rings is 2. The molecule has 4 bridgehead atoms. The smallest absolute Gasteiger partial charge is 0.0283 e. The fraction of sp³-hybridized carbons (Fsp3) is 0.455. The Hall–Kier alpha value is -1.08. The van der Waals surface area contributed by atoms with Crippen molar-refractivity contribution >= 4 is 15.9 Å². The maximum absolute atomic E-state index is 3.95. The second kappa shape index (κ2) is 4.30. The van der Waals surface area contributed by atoms with Gasteiger partial charge in [0.25, 0.3) is 0 Å². The summed E-state index contributed by atoms with van der Waals surface area (Å²) in [5.41, 5.74) is 6.60. The van der Waals surface area contributed by atoms with Crippen LogP contribution in [-0.2, 0) is 5.41 Å². The largest absolute Gasteiger partial charge is 0.0619 e. The Kier molecular flexibility index (Phi) is 2.48. The van der Waals surface area contributed by atoms with Crippen molar-refractivity contribution in [2.24, 2.45) is 23.7 Å². The summed E-state index contributed by atoms with van der Waals surface area (Å²) in [6.07, 6.45) is 7.36. The molecule has 0 aromatic heterocycles. The highest BCUT2D eigenvalue weighted by Crippen LogP contribution is 2.70. The summed E-state index contributed by atoms with van der Waals surface area (Å²) in [5, 5.41) is 0. The topological polar surface area (TPSA) is 0 Å². The molecule has 1 heteroatoms. The van der Waals surface area contributed by atoms with Crippen LogP contribution >= 0.6 is 15.9 Å². The third-order valence-corrected chi connectivity index (χ3v) is 8.18. The van der Waals surface area contributed by atoms with Crippen LogP contribution in [0.5, 0.6) is 0 Å². The fourth-order valence-corrected chi connectivity index (χ4v) is 7.85. The van der Waals surface area contributed by atoms with E-state index in [1.54, 1.807) is 11.1 Å². The van der Waals surface area contributed by atoms with Gasteiger partial charge in [-0.2, -0.15) is 0 Å². The van der Waals surface area contributed by atoms with Gasteiger partial charge in [-0.1, -0.05) is 52.3 Å². The van der Waals surface area contributed by atoms with E-state index in [4.69, 9.17) is 0 Å². The first kappa shape index (κ1) is 13.2. The zero-order valence-corrected chi connectivity index (χ0v) is 14.9. The molecule has 7 rings (SSSR count). The molecule has 4 fully saturated rings. The van der Waals surface area contributed by atoms with Gasteiger partial charge in [-0.3, -0.25) is 0 Å². The van der Waals surface area contributed by atoms with Gasteiger partial charge in [-0.05, 0) is 84.1 Å². The van der Waals surface area contributed by atoms with Gasteiger partial charge in [0.2, 0.25) is 0 Å². The SMILES string of the molecule is Brc1cccc2c1C1(c3ccccc3-2)C2CC3CC(C2)CC1C3. The predicted octanol–water partition coefficient (Wildman–Crippen LogP) is 6.17. The fourth-order valence-electron chi connectivity index (χ4n) is 7.16. The van der Waals surface area contributed by atoms with Crippen molar-refractivity contribution in [3.05, 3.63) is 58.1 Å². The second-order valence-electron chi connectivity index (χ2n) is 8.38. The van der Waals surface area contributed by atoms with Crippen LogP contribution in [0.3, 0.4) is 0 Å². The summed E-state index contributed by atoms with van der Waals surface area (Å²) in [7, 11) is 0.